The molecule has 1 fully saturated rings. The topological polar surface area (TPSA) is 86.8 Å². The van der Waals surface area contributed by atoms with Crippen LogP contribution in [0, 0.1) is 5.92 Å². The molecule has 0 aromatic heterocycles. The fraction of sp³-hybridized carbons (Fsp3) is 0.417. The number of hydrogen-bond acceptors (Lipinski definition) is 4. The molecule has 0 spiro atoms. The zero-order valence-corrected chi connectivity index (χ0v) is 19.3. The maximum atomic E-state index is 12.8. The van der Waals surface area contributed by atoms with Gasteiger partial charge in [0.05, 0.1) is 10.8 Å². The van der Waals surface area contributed by atoms with Gasteiger partial charge in [0.25, 0.3) is 0 Å². The summed E-state index contributed by atoms with van der Waals surface area (Å²) in [6.45, 7) is 4.66. The molecule has 1 aliphatic heterocycles. The third-order valence-electron chi connectivity index (χ3n) is 6.35. The third-order valence-corrected chi connectivity index (χ3v) is 8.42. The lowest BCUT2D eigenvalue weighted by Crippen LogP contribution is -2.31. The Hall–Kier alpha value is -2.71. The Morgan fingerprint density at radius 2 is 1.75 bits per heavy atom. The van der Waals surface area contributed by atoms with Crippen molar-refractivity contribution < 1.29 is 18.0 Å². The second-order valence-electron chi connectivity index (χ2n) is 8.31. The van der Waals surface area contributed by atoms with Gasteiger partial charge >= 0.3 is 0 Å². The number of aryl methyl sites for hydroxylation is 2. The number of benzene rings is 2. The molecule has 0 bridgehead atoms. The van der Waals surface area contributed by atoms with Crippen molar-refractivity contribution in [3.8, 4) is 0 Å². The first-order valence-electron chi connectivity index (χ1n) is 11.2. The monoisotopic (exact) mass is 455 g/mol. The van der Waals surface area contributed by atoms with E-state index in [2.05, 4.69) is 11.4 Å². The van der Waals surface area contributed by atoms with Crippen LogP contribution in [0.1, 0.15) is 37.8 Å². The highest BCUT2D eigenvalue weighted by Crippen LogP contribution is 2.29. The van der Waals surface area contributed by atoms with Crippen LogP contribution in [0.3, 0.4) is 0 Å². The van der Waals surface area contributed by atoms with E-state index in [4.69, 9.17) is 0 Å². The number of sulfonamides is 1. The standard InChI is InChI=1S/C24H29N3O4S/c1-3-26(4-2)32(30,31)22-12-10-21(11-13-22)27-16-19(15-23(27)28)24(29)25-20-9-8-17-6-5-7-18(17)14-20/h8-14,19H,3-7,15-16H2,1-2H3,(H,25,29)/t19-/m0/s1. The Kier molecular flexibility index (Phi) is 6.35. The van der Waals surface area contributed by atoms with Crippen LogP contribution < -0.4 is 10.2 Å². The molecule has 7 nitrogen and oxygen atoms in total. The van der Waals surface area contributed by atoms with Gasteiger partial charge in [0, 0.05) is 37.4 Å². The summed E-state index contributed by atoms with van der Waals surface area (Å²) in [5.74, 6) is -0.757. The number of anilines is 2. The summed E-state index contributed by atoms with van der Waals surface area (Å²) in [6, 6.07) is 12.3. The van der Waals surface area contributed by atoms with Crippen LogP contribution in [0.25, 0.3) is 0 Å². The molecule has 1 aliphatic carbocycles. The molecule has 170 valence electrons. The Labute approximate surface area is 189 Å². The molecule has 1 saturated heterocycles. The number of carbonyl (C=O) groups excluding carboxylic acids is 2. The Morgan fingerprint density at radius 3 is 2.44 bits per heavy atom. The molecule has 2 aromatic carbocycles. The number of carbonyl (C=O) groups is 2. The fourth-order valence-corrected chi connectivity index (χ4v) is 6.00. The maximum absolute atomic E-state index is 12.8. The largest absolute Gasteiger partial charge is 0.326 e. The Balaban J connectivity index is 1.44. The van der Waals surface area contributed by atoms with Gasteiger partial charge in [-0.3, -0.25) is 9.59 Å². The Morgan fingerprint density at radius 1 is 1.06 bits per heavy atom. The summed E-state index contributed by atoms with van der Waals surface area (Å²) in [7, 11) is -3.55. The van der Waals surface area contributed by atoms with Crippen molar-refractivity contribution >= 4 is 33.2 Å². The molecule has 2 amide bonds. The van der Waals surface area contributed by atoms with Crippen LogP contribution in [0.2, 0.25) is 0 Å². The molecule has 32 heavy (non-hydrogen) atoms. The van der Waals surface area contributed by atoms with E-state index in [0.717, 1.165) is 24.9 Å². The highest BCUT2D eigenvalue weighted by Gasteiger charge is 2.35. The molecule has 8 heteroatoms. The number of amides is 2. The van der Waals surface area contributed by atoms with E-state index < -0.39 is 15.9 Å². The molecule has 4 rings (SSSR count). The lowest BCUT2D eigenvalue weighted by molar-refractivity contribution is -0.122. The highest BCUT2D eigenvalue weighted by molar-refractivity contribution is 7.89. The highest BCUT2D eigenvalue weighted by atomic mass is 32.2. The summed E-state index contributed by atoms with van der Waals surface area (Å²) in [5.41, 5.74) is 4.00. The average molecular weight is 456 g/mol. The fourth-order valence-electron chi connectivity index (χ4n) is 4.54. The maximum Gasteiger partial charge on any atom is 0.243 e. The van der Waals surface area contributed by atoms with E-state index in [9.17, 15) is 18.0 Å². The van der Waals surface area contributed by atoms with Gasteiger partial charge in [-0.2, -0.15) is 4.31 Å². The summed E-state index contributed by atoms with van der Waals surface area (Å²) >= 11 is 0. The second kappa shape index (κ2) is 9.03. The average Bonchev–Trinajstić information content (AvgIpc) is 3.40. The van der Waals surface area contributed by atoms with Gasteiger partial charge in [0.1, 0.15) is 0 Å². The normalized spacial score (nSPS) is 18.3. The predicted octanol–water partition coefficient (Wildman–Crippen LogP) is 3.20. The van der Waals surface area contributed by atoms with E-state index in [1.807, 2.05) is 12.1 Å². The molecule has 1 heterocycles. The minimum absolute atomic E-state index is 0.135. The predicted molar refractivity (Wildman–Crippen MR) is 124 cm³/mol. The van der Waals surface area contributed by atoms with Crippen molar-refractivity contribution in [3.63, 3.8) is 0 Å². The van der Waals surface area contributed by atoms with E-state index in [0.29, 0.717) is 18.8 Å². The van der Waals surface area contributed by atoms with Crippen LogP contribution >= 0.6 is 0 Å². The summed E-state index contributed by atoms with van der Waals surface area (Å²) < 4.78 is 26.7. The van der Waals surface area contributed by atoms with Crippen LogP contribution in [0.15, 0.2) is 47.4 Å². The second-order valence-corrected chi connectivity index (χ2v) is 10.3. The summed E-state index contributed by atoms with van der Waals surface area (Å²) in [4.78, 5) is 27.1. The molecule has 0 saturated carbocycles. The van der Waals surface area contributed by atoms with Gasteiger partial charge < -0.3 is 10.2 Å². The minimum Gasteiger partial charge on any atom is -0.326 e. The summed E-state index contributed by atoms with van der Waals surface area (Å²) in [5, 5.41) is 2.96. The molecule has 2 aliphatic rings. The number of rotatable bonds is 7. The van der Waals surface area contributed by atoms with E-state index >= 15 is 0 Å². The van der Waals surface area contributed by atoms with E-state index in [-0.39, 0.29) is 29.7 Å². The lowest BCUT2D eigenvalue weighted by atomic mass is 10.1. The quantitative estimate of drug-likeness (QED) is 0.695. The summed E-state index contributed by atoms with van der Waals surface area (Å²) in [6.07, 6.45) is 3.41. The smallest absolute Gasteiger partial charge is 0.243 e. The van der Waals surface area contributed by atoms with Crippen LogP contribution in [-0.4, -0.2) is 44.2 Å². The molecule has 0 radical (unpaired) electrons. The molecule has 1 N–H and O–H groups in total. The van der Waals surface area contributed by atoms with E-state index in [1.165, 1.54) is 27.6 Å². The Bertz CT molecular complexity index is 1120. The molecule has 0 unspecified atom stereocenters. The number of nitrogens with one attached hydrogen (secondary N) is 1. The van der Waals surface area contributed by atoms with Crippen molar-refractivity contribution in [2.24, 2.45) is 5.92 Å². The van der Waals surface area contributed by atoms with Gasteiger partial charge in [-0.25, -0.2) is 8.42 Å². The van der Waals surface area contributed by atoms with Crippen LogP contribution in [0.5, 0.6) is 0 Å². The molecule has 1 atom stereocenters. The zero-order valence-electron chi connectivity index (χ0n) is 18.5. The van der Waals surface area contributed by atoms with E-state index in [1.54, 1.807) is 30.9 Å². The third kappa shape index (κ3) is 4.29. The van der Waals surface area contributed by atoms with Crippen molar-refractivity contribution in [2.75, 3.05) is 29.9 Å². The zero-order chi connectivity index (χ0) is 22.9. The van der Waals surface area contributed by atoms with Gasteiger partial charge in [-0.05, 0) is 66.8 Å². The van der Waals surface area contributed by atoms with Crippen LogP contribution in [-0.2, 0) is 32.5 Å². The molecular formula is C24H29N3O4S. The first-order valence-corrected chi connectivity index (χ1v) is 12.6. The van der Waals surface area contributed by atoms with Crippen LogP contribution in [0.4, 0.5) is 11.4 Å². The van der Waals surface area contributed by atoms with Gasteiger partial charge in [-0.15, -0.1) is 0 Å². The lowest BCUT2D eigenvalue weighted by Gasteiger charge is -2.20. The minimum atomic E-state index is -3.55. The van der Waals surface area contributed by atoms with Crippen molar-refractivity contribution in [3.05, 3.63) is 53.6 Å². The number of nitrogens with zero attached hydrogens (tertiary/aromatic N) is 2. The van der Waals surface area contributed by atoms with Crippen molar-refractivity contribution in [2.45, 2.75) is 44.4 Å². The number of hydrogen-bond donors (Lipinski definition) is 1. The van der Waals surface area contributed by atoms with Gasteiger partial charge in [0.2, 0.25) is 21.8 Å². The van der Waals surface area contributed by atoms with Gasteiger partial charge in [-0.1, -0.05) is 19.9 Å². The molecular weight excluding hydrogens is 426 g/mol. The van der Waals surface area contributed by atoms with Gasteiger partial charge in [0.15, 0.2) is 0 Å². The van der Waals surface area contributed by atoms with Crippen molar-refractivity contribution in [1.29, 1.82) is 0 Å². The first-order chi connectivity index (χ1) is 15.3. The van der Waals surface area contributed by atoms with Crippen molar-refractivity contribution in [1.82, 2.24) is 4.31 Å². The SMILES string of the molecule is CCN(CC)S(=O)(=O)c1ccc(N2C[C@@H](C(=O)Nc3ccc4c(c3)CCC4)CC2=O)cc1. The number of fused-ring (bicyclic) bond motifs is 1. The molecule has 2 aromatic rings. The first kappa shape index (κ1) is 22.5.